The van der Waals surface area contributed by atoms with Crippen LogP contribution >= 0.6 is 0 Å². The first-order valence-electron chi connectivity index (χ1n) is 10.6. The summed E-state index contributed by atoms with van der Waals surface area (Å²) in [6.45, 7) is 0. The molecular formula is C27H17N5. The molecule has 32 heavy (non-hydrogen) atoms. The molecule has 0 radical (unpaired) electrons. The maximum Gasteiger partial charge on any atom is 0.234 e. The lowest BCUT2D eigenvalue weighted by Crippen LogP contribution is -2.02. The van der Waals surface area contributed by atoms with Gasteiger partial charge in [0.25, 0.3) is 0 Å². The van der Waals surface area contributed by atoms with Crippen LogP contribution in [0.1, 0.15) is 0 Å². The second kappa shape index (κ2) is 6.49. The molecule has 7 aromatic rings. The van der Waals surface area contributed by atoms with E-state index in [4.69, 9.17) is 4.98 Å². The zero-order valence-electron chi connectivity index (χ0n) is 17.1. The van der Waals surface area contributed by atoms with Crippen molar-refractivity contribution in [2.45, 2.75) is 0 Å². The van der Waals surface area contributed by atoms with Crippen LogP contribution < -0.4 is 0 Å². The lowest BCUT2D eigenvalue weighted by molar-refractivity contribution is 0.986. The Morgan fingerprint density at radius 3 is 1.66 bits per heavy atom. The van der Waals surface area contributed by atoms with Crippen LogP contribution in [0.4, 0.5) is 0 Å². The second-order valence-electron chi connectivity index (χ2n) is 7.80. The van der Waals surface area contributed by atoms with Crippen molar-refractivity contribution in [3.8, 4) is 11.8 Å². The van der Waals surface area contributed by atoms with E-state index in [0.29, 0.717) is 5.95 Å². The summed E-state index contributed by atoms with van der Waals surface area (Å²) in [6, 6.07) is 29.2. The summed E-state index contributed by atoms with van der Waals surface area (Å²) in [5.74, 6) is 1.54. The van der Waals surface area contributed by atoms with E-state index in [2.05, 4.69) is 85.8 Å². The minimum atomic E-state index is 0.657. The van der Waals surface area contributed by atoms with Gasteiger partial charge in [-0.25, -0.2) is 15.0 Å². The number of para-hydroxylation sites is 2. The monoisotopic (exact) mass is 411 g/mol. The molecule has 0 aliphatic carbocycles. The smallest absolute Gasteiger partial charge is 0.234 e. The average Bonchev–Trinajstić information content (AvgIpc) is 3.38. The molecule has 3 aromatic carbocycles. The van der Waals surface area contributed by atoms with Crippen LogP contribution in [-0.4, -0.2) is 24.1 Å². The van der Waals surface area contributed by atoms with Crippen molar-refractivity contribution < 1.29 is 0 Å². The van der Waals surface area contributed by atoms with Crippen LogP contribution in [-0.2, 0) is 0 Å². The Bertz CT molecular complexity index is 1630. The van der Waals surface area contributed by atoms with E-state index in [1.807, 2.05) is 24.4 Å². The van der Waals surface area contributed by atoms with Crippen LogP contribution in [0, 0.1) is 0 Å². The molecule has 0 N–H and O–H groups in total. The van der Waals surface area contributed by atoms with E-state index in [1.165, 1.54) is 21.5 Å². The van der Waals surface area contributed by atoms with E-state index in [1.54, 1.807) is 12.4 Å². The van der Waals surface area contributed by atoms with Gasteiger partial charge in [-0.05, 0) is 30.3 Å². The minimum Gasteiger partial charge on any atom is -0.292 e. The van der Waals surface area contributed by atoms with Gasteiger partial charge < -0.3 is 0 Å². The van der Waals surface area contributed by atoms with Crippen LogP contribution in [0.2, 0.25) is 0 Å². The van der Waals surface area contributed by atoms with Crippen molar-refractivity contribution in [3.05, 3.63) is 104 Å². The van der Waals surface area contributed by atoms with Crippen LogP contribution in [0.25, 0.3) is 55.4 Å². The van der Waals surface area contributed by atoms with Crippen LogP contribution in [0.3, 0.4) is 0 Å². The molecule has 0 bridgehead atoms. The van der Waals surface area contributed by atoms with Gasteiger partial charge in [-0.15, -0.1) is 0 Å². The molecule has 0 unspecified atom stereocenters. The van der Waals surface area contributed by atoms with Crippen molar-refractivity contribution in [2.75, 3.05) is 0 Å². The van der Waals surface area contributed by atoms with Gasteiger partial charge in [0.15, 0.2) is 0 Å². The number of fused-ring (bicyclic) bond motifs is 7. The molecule has 0 saturated heterocycles. The number of benzene rings is 3. The van der Waals surface area contributed by atoms with Gasteiger partial charge in [0.2, 0.25) is 5.95 Å². The highest BCUT2D eigenvalue weighted by molar-refractivity contribution is 6.23. The number of pyridine rings is 1. The van der Waals surface area contributed by atoms with Gasteiger partial charge in [-0.1, -0.05) is 54.6 Å². The predicted octanol–water partition coefficient (Wildman–Crippen LogP) is 6.07. The maximum atomic E-state index is 4.71. The number of nitrogens with zero attached hydrogens (tertiary/aromatic N) is 5. The fourth-order valence-corrected chi connectivity index (χ4v) is 4.84. The average molecular weight is 411 g/mol. The molecule has 0 aliphatic heterocycles. The lowest BCUT2D eigenvalue weighted by atomic mass is 10.1. The van der Waals surface area contributed by atoms with Gasteiger partial charge in [0.1, 0.15) is 5.82 Å². The standard InChI is InChI=1S/C27H17N5/c1-3-10-22-18(8-1)20-13-14-21-19-9-2-4-11-23(19)32(27-29-16-7-17-30-27)26(21)25(20)31(22)24-12-5-6-15-28-24/h1-17H. The largest absolute Gasteiger partial charge is 0.292 e. The second-order valence-corrected chi connectivity index (χ2v) is 7.80. The fourth-order valence-electron chi connectivity index (χ4n) is 4.84. The van der Waals surface area contributed by atoms with Crippen molar-refractivity contribution in [1.29, 1.82) is 0 Å². The predicted molar refractivity (Wildman–Crippen MR) is 129 cm³/mol. The molecule has 0 aliphatic rings. The van der Waals surface area contributed by atoms with E-state index in [9.17, 15) is 0 Å². The summed E-state index contributed by atoms with van der Waals surface area (Å²) in [4.78, 5) is 13.9. The van der Waals surface area contributed by atoms with Crippen molar-refractivity contribution in [3.63, 3.8) is 0 Å². The quantitative estimate of drug-likeness (QED) is 0.347. The highest BCUT2D eigenvalue weighted by Gasteiger charge is 2.21. The molecule has 0 spiro atoms. The van der Waals surface area contributed by atoms with Crippen molar-refractivity contribution in [2.24, 2.45) is 0 Å². The fraction of sp³-hybridized carbons (Fsp3) is 0. The Balaban J connectivity index is 1.81. The van der Waals surface area contributed by atoms with Crippen molar-refractivity contribution in [1.82, 2.24) is 24.1 Å². The molecule has 0 atom stereocenters. The van der Waals surface area contributed by atoms with Gasteiger partial charge in [0.05, 0.1) is 22.1 Å². The van der Waals surface area contributed by atoms with Gasteiger partial charge in [-0.2, -0.15) is 0 Å². The maximum absolute atomic E-state index is 4.71. The molecule has 4 aromatic heterocycles. The van der Waals surface area contributed by atoms with Crippen LogP contribution in [0.15, 0.2) is 104 Å². The van der Waals surface area contributed by atoms with E-state index in [0.717, 1.165) is 27.9 Å². The highest BCUT2D eigenvalue weighted by Crippen LogP contribution is 2.40. The first kappa shape index (κ1) is 17.2. The van der Waals surface area contributed by atoms with Crippen LogP contribution in [0.5, 0.6) is 0 Å². The van der Waals surface area contributed by atoms with E-state index in [-0.39, 0.29) is 0 Å². The Kier molecular flexibility index (Phi) is 3.49. The number of hydrogen-bond acceptors (Lipinski definition) is 3. The Morgan fingerprint density at radius 2 is 1.00 bits per heavy atom. The van der Waals surface area contributed by atoms with Gasteiger partial charge >= 0.3 is 0 Å². The molecule has 0 fully saturated rings. The molecule has 0 amide bonds. The third kappa shape index (κ3) is 2.25. The Morgan fingerprint density at radius 1 is 0.438 bits per heavy atom. The zero-order chi connectivity index (χ0) is 21.1. The molecule has 0 saturated carbocycles. The summed E-state index contributed by atoms with van der Waals surface area (Å²) in [6.07, 6.45) is 5.42. The van der Waals surface area contributed by atoms with Gasteiger partial charge in [-0.3, -0.25) is 9.13 Å². The molecule has 4 heterocycles. The molecule has 7 rings (SSSR count). The number of hydrogen-bond donors (Lipinski definition) is 0. The SMILES string of the molecule is c1ccc(-n2c3ccccc3c3ccc4c5ccccc5n(-c5ncccn5)c4c32)nc1. The summed E-state index contributed by atoms with van der Waals surface area (Å²) < 4.78 is 4.43. The number of rotatable bonds is 2. The molecular weight excluding hydrogens is 394 g/mol. The highest BCUT2D eigenvalue weighted by atomic mass is 15.2. The summed E-state index contributed by atoms with van der Waals surface area (Å²) in [7, 11) is 0. The third-order valence-electron chi connectivity index (χ3n) is 6.10. The summed E-state index contributed by atoms with van der Waals surface area (Å²) in [5.41, 5.74) is 4.39. The normalized spacial score (nSPS) is 11.8. The Labute approximate surface area is 183 Å². The summed E-state index contributed by atoms with van der Waals surface area (Å²) >= 11 is 0. The van der Waals surface area contributed by atoms with E-state index >= 15 is 0 Å². The first-order valence-corrected chi connectivity index (χ1v) is 10.6. The number of aromatic nitrogens is 5. The zero-order valence-corrected chi connectivity index (χ0v) is 17.1. The molecule has 5 nitrogen and oxygen atoms in total. The minimum absolute atomic E-state index is 0.657. The Hall–Kier alpha value is -4.51. The van der Waals surface area contributed by atoms with E-state index < -0.39 is 0 Å². The molecule has 150 valence electrons. The van der Waals surface area contributed by atoms with Gasteiger partial charge in [0, 0.05) is 40.1 Å². The summed E-state index contributed by atoms with van der Waals surface area (Å²) in [5, 5.41) is 4.72. The van der Waals surface area contributed by atoms with Crippen molar-refractivity contribution >= 4 is 43.6 Å². The first-order chi connectivity index (χ1) is 15.9. The molecule has 5 heteroatoms. The third-order valence-corrected chi connectivity index (χ3v) is 6.10. The lowest BCUT2D eigenvalue weighted by Gasteiger charge is -2.10. The topological polar surface area (TPSA) is 48.5 Å².